The molecule has 160 valence electrons. The Kier molecular flexibility index (Phi) is 5.52. The number of nitrogens with one attached hydrogen (secondary N) is 1. The Morgan fingerprint density at radius 2 is 1.81 bits per heavy atom. The second-order valence-electron chi connectivity index (χ2n) is 6.61. The standard InChI is InChI=1S/C22H15N3O6S/c1-30-19-9-5-4-8-17(19)24-21(27)15(20(26)23-22(24)32)12-13-10-11-18(31-13)14-6-2-3-7-16(14)25(28)29/h2-12H,1H3,(H,23,26,32)/b15-12-. The highest BCUT2D eigenvalue weighted by atomic mass is 32.1. The monoisotopic (exact) mass is 449 g/mol. The minimum absolute atomic E-state index is 0.0818. The predicted molar refractivity (Wildman–Crippen MR) is 120 cm³/mol. The van der Waals surface area contributed by atoms with Crippen LogP contribution < -0.4 is 15.0 Å². The summed E-state index contributed by atoms with van der Waals surface area (Å²) in [4.78, 5) is 37.6. The molecule has 1 fully saturated rings. The summed E-state index contributed by atoms with van der Waals surface area (Å²) in [7, 11) is 1.46. The molecule has 2 heterocycles. The zero-order valence-corrected chi connectivity index (χ0v) is 17.4. The van der Waals surface area contributed by atoms with Crippen molar-refractivity contribution in [2.75, 3.05) is 12.0 Å². The van der Waals surface area contributed by atoms with Crippen LogP contribution in [0.2, 0.25) is 0 Å². The van der Waals surface area contributed by atoms with Gasteiger partial charge in [-0.25, -0.2) is 4.90 Å². The highest BCUT2D eigenvalue weighted by molar-refractivity contribution is 7.80. The maximum absolute atomic E-state index is 13.2. The number of hydrogen-bond acceptors (Lipinski definition) is 7. The van der Waals surface area contributed by atoms with Gasteiger partial charge in [0.05, 0.1) is 23.3 Å². The van der Waals surface area contributed by atoms with Gasteiger partial charge < -0.3 is 9.15 Å². The first kappa shape index (κ1) is 20.9. The van der Waals surface area contributed by atoms with Crippen LogP contribution in [0.4, 0.5) is 11.4 Å². The molecule has 1 aliphatic rings. The molecule has 1 N–H and O–H groups in total. The molecule has 1 aromatic heterocycles. The van der Waals surface area contributed by atoms with Crippen molar-refractivity contribution in [3.63, 3.8) is 0 Å². The van der Waals surface area contributed by atoms with E-state index in [0.717, 1.165) is 4.90 Å². The maximum Gasteiger partial charge on any atom is 0.280 e. The number of nitro benzene ring substituents is 1. The molecule has 10 heteroatoms. The van der Waals surface area contributed by atoms with Gasteiger partial charge in [-0.1, -0.05) is 24.3 Å². The van der Waals surface area contributed by atoms with E-state index < -0.39 is 16.7 Å². The van der Waals surface area contributed by atoms with Crippen LogP contribution in [-0.4, -0.2) is 29.0 Å². The topological polar surface area (TPSA) is 115 Å². The first-order valence-corrected chi connectivity index (χ1v) is 9.69. The zero-order chi connectivity index (χ0) is 22.8. The molecule has 1 aliphatic heterocycles. The summed E-state index contributed by atoms with van der Waals surface area (Å²) < 4.78 is 11.0. The Morgan fingerprint density at radius 3 is 2.56 bits per heavy atom. The zero-order valence-electron chi connectivity index (χ0n) is 16.6. The Balaban J connectivity index is 1.72. The number of ether oxygens (including phenoxy) is 1. The third kappa shape index (κ3) is 3.74. The third-order valence-electron chi connectivity index (χ3n) is 4.71. The van der Waals surface area contributed by atoms with E-state index in [9.17, 15) is 19.7 Å². The van der Waals surface area contributed by atoms with Crippen LogP contribution in [0.15, 0.2) is 70.7 Å². The molecule has 0 bridgehead atoms. The van der Waals surface area contributed by atoms with Gasteiger partial charge in [0, 0.05) is 6.07 Å². The van der Waals surface area contributed by atoms with Crippen molar-refractivity contribution in [2.45, 2.75) is 0 Å². The predicted octanol–water partition coefficient (Wildman–Crippen LogP) is 3.69. The molecule has 2 aromatic carbocycles. The number of amides is 2. The smallest absolute Gasteiger partial charge is 0.280 e. The Hall–Kier alpha value is -4.31. The number of nitro groups is 1. The first-order valence-electron chi connectivity index (χ1n) is 9.29. The summed E-state index contributed by atoms with van der Waals surface area (Å²) in [5.74, 6) is -0.550. The minimum atomic E-state index is -0.685. The lowest BCUT2D eigenvalue weighted by Gasteiger charge is -2.29. The fourth-order valence-corrected chi connectivity index (χ4v) is 3.52. The summed E-state index contributed by atoms with van der Waals surface area (Å²) in [6, 6.07) is 15.9. The molecule has 0 radical (unpaired) electrons. The van der Waals surface area contributed by atoms with E-state index in [-0.39, 0.29) is 33.5 Å². The molecule has 3 aromatic rings. The lowest BCUT2D eigenvalue weighted by Crippen LogP contribution is -2.54. The van der Waals surface area contributed by atoms with E-state index in [4.69, 9.17) is 21.4 Å². The molecule has 2 amide bonds. The van der Waals surface area contributed by atoms with Crippen molar-refractivity contribution in [3.05, 3.63) is 82.1 Å². The van der Waals surface area contributed by atoms with Crippen LogP contribution in [0.3, 0.4) is 0 Å². The van der Waals surface area contributed by atoms with E-state index in [1.54, 1.807) is 42.5 Å². The summed E-state index contributed by atoms with van der Waals surface area (Å²) >= 11 is 5.20. The second kappa shape index (κ2) is 8.44. The van der Waals surface area contributed by atoms with Gasteiger partial charge in [0.2, 0.25) is 0 Å². The van der Waals surface area contributed by atoms with E-state index in [2.05, 4.69) is 5.32 Å². The summed E-state index contributed by atoms with van der Waals surface area (Å²) in [6.45, 7) is 0. The summed E-state index contributed by atoms with van der Waals surface area (Å²) in [5, 5.41) is 13.7. The van der Waals surface area contributed by atoms with E-state index >= 15 is 0 Å². The molecule has 0 atom stereocenters. The van der Waals surface area contributed by atoms with E-state index in [1.807, 2.05) is 0 Å². The fraction of sp³-hybridized carbons (Fsp3) is 0.0455. The van der Waals surface area contributed by atoms with Crippen molar-refractivity contribution >= 4 is 46.6 Å². The average molecular weight is 449 g/mol. The number of methoxy groups -OCH3 is 1. The lowest BCUT2D eigenvalue weighted by molar-refractivity contribution is -0.384. The van der Waals surface area contributed by atoms with Gasteiger partial charge in [0.15, 0.2) is 5.11 Å². The highest BCUT2D eigenvalue weighted by Crippen LogP contribution is 2.33. The van der Waals surface area contributed by atoms with Gasteiger partial charge >= 0.3 is 0 Å². The molecule has 0 spiro atoms. The van der Waals surface area contributed by atoms with Crippen molar-refractivity contribution in [1.82, 2.24) is 5.32 Å². The largest absolute Gasteiger partial charge is 0.495 e. The van der Waals surface area contributed by atoms with E-state index in [1.165, 1.54) is 31.4 Å². The number of benzene rings is 2. The van der Waals surface area contributed by atoms with Crippen LogP contribution >= 0.6 is 12.2 Å². The van der Waals surface area contributed by atoms with Gasteiger partial charge in [-0.05, 0) is 48.6 Å². The summed E-state index contributed by atoms with van der Waals surface area (Å²) in [6.07, 6.45) is 1.26. The van der Waals surface area contributed by atoms with Gasteiger partial charge in [-0.3, -0.25) is 25.0 Å². The Bertz CT molecular complexity index is 1300. The van der Waals surface area contributed by atoms with Crippen molar-refractivity contribution in [2.24, 2.45) is 0 Å². The first-order chi connectivity index (χ1) is 15.4. The van der Waals surface area contributed by atoms with Gasteiger partial charge in [0.25, 0.3) is 17.5 Å². The molecule has 9 nitrogen and oxygen atoms in total. The fourth-order valence-electron chi connectivity index (χ4n) is 3.25. The minimum Gasteiger partial charge on any atom is -0.495 e. The molecule has 0 saturated carbocycles. The van der Waals surface area contributed by atoms with Crippen LogP contribution in [0.5, 0.6) is 5.75 Å². The van der Waals surface area contributed by atoms with E-state index in [0.29, 0.717) is 11.4 Å². The molecule has 0 aliphatic carbocycles. The number of furan rings is 1. The SMILES string of the molecule is COc1ccccc1N1C(=O)/C(=C\c2ccc(-c3ccccc3[N+](=O)[O-])o2)C(=O)NC1=S. The number of para-hydroxylation sites is 3. The number of rotatable bonds is 5. The van der Waals surface area contributed by atoms with Crippen LogP contribution in [-0.2, 0) is 9.59 Å². The van der Waals surface area contributed by atoms with Gasteiger partial charge in [-0.15, -0.1) is 0 Å². The van der Waals surface area contributed by atoms with Gasteiger partial charge in [0.1, 0.15) is 22.8 Å². The molecule has 0 unspecified atom stereocenters. The van der Waals surface area contributed by atoms with Crippen molar-refractivity contribution < 1.29 is 23.7 Å². The number of thiocarbonyl (C=S) groups is 1. The number of carbonyl (C=O) groups is 2. The Morgan fingerprint density at radius 1 is 1.09 bits per heavy atom. The highest BCUT2D eigenvalue weighted by Gasteiger charge is 2.36. The molecule has 32 heavy (non-hydrogen) atoms. The molecular weight excluding hydrogens is 434 g/mol. The average Bonchev–Trinajstić information content (AvgIpc) is 3.25. The van der Waals surface area contributed by atoms with Crippen LogP contribution in [0, 0.1) is 10.1 Å². The summed E-state index contributed by atoms with van der Waals surface area (Å²) in [5.41, 5.74) is 0.308. The Labute approximate surface area is 187 Å². The lowest BCUT2D eigenvalue weighted by atomic mass is 10.1. The van der Waals surface area contributed by atoms with Crippen LogP contribution in [0.1, 0.15) is 5.76 Å². The van der Waals surface area contributed by atoms with Crippen molar-refractivity contribution in [1.29, 1.82) is 0 Å². The molecule has 4 rings (SSSR count). The normalized spacial score (nSPS) is 15.1. The molecular formula is C22H15N3O6S. The van der Waals surface area contributed by atoms with Crippen LogP contribution in [0.25, 0.3) is 17.4 Å². The molecule has 1 saturated heterocycles. The third-order valence-corrected chi connectivity index (χ3v) is 4.99. The van der Waals surface area contributed by atoms with Crippen molar-refractivity contribution in [3.8, 4) is 17.1 Å². The number of anilines is 1. The maximum atomic E-state index is 13.2. The number of hydrogen-bond donors (Lipinski definition) is 1. The quantitative estimate of drug-likeness (QED) is 0.208. The number of carbonyl (C=O) groups excluding carboxylic acids is 2. The van der Waals surface area contributed by atoms with Gasteiger partial charge in [-0.2, -0.15) is 0 Å². The number of nitrogens with zero attached hydrogens (tertiary/aromatic N) is 2. The second-order valence-corrected chi connectivity index (χ2v) is 6.99.